The Morgan fingerprint density at radius 2 is 1.53 bits per heavy atom. The van der Waals surface area contributed by atoms with Crippen LogP contribution in [0.15, 0.2) is 12.2 Å². The highest BCUT2D eigenvalue weighted by Gasteiger charge is 2.45. The molecule has 0 N–H and O–H groups in total. The summed E-state index contributed by atoms with van der Waals surface area (Å²) in [7, 11) is 0. The molecule has 1 aromatic carbocycles. The predicted molar refractivity (Wildman–Crippen MR) is 58.2 cm³/mol. The maximum atomic E-state index is 13.7. The van der Waals surface area contributed by atoms with Crippen LogP contribution in [-0.2, 0) is 0 Å². The van der Waals surface area contributed by atoms with E-state index in [1.54, 1.807) is 12.2 Å². The van der Waals surface area contributed by atoms with Crippen molar-refractivity contribution in [3.8, 4) is 0 Å². The maximum absolute atomic E-state index is 13.7. The van der Waals surface area contributed by atoms with E-state index < -0.39 is 29.2 Å². The molecule has 0 spiro atoms. The summed E-state index contributed by atoms with van der Waals surface area (Å²) < 4.78 is 53.9. The van der Waals surface area contributed by atoms with Crippen LogP contribution in [0.3, 0.4) is 0 Å². The minimum absolute atomic E-state index is 0.0155. The second kappa shape index (κ2) is 3.57. The summed E-state index contributed by atoms with van der Waals surface area (Å²) in [5, 5.41) is 0. The highest BCUT2D eigenvalue weighted by molar-refractivity contribution is 9.09. The van der Waals surface area contributed by atoms with E-state index in [4.69, 9.17) is 0 Å². The summed E-state index contributed by atoms with van der Waals surface area (Å²) in [6, 6.07) is 0. The summed E-state index contributed by atoms with van der Waals surface area (Å²) >= 11 is 3.35. The smallest absolute Gasteiger partial charge is 0.197 e. The fourth-order valence-corrected chi connectivity index (χ4v) is 3.67. The van der Waals surface area contributed by atoms with E-state index in [9.17, 15) is 17.6 Å². The molecule has 3 rings (SSSR count). The molecule has 5 heteroatoms. The molecule has 2 aliphatic rings. The molecule has 0 aliphatic heterocycles. The van der Waals surface area contributed by atoms with Gasteiger partial charge in [0.05, 0.1) is 0 Å². The van der Waals surface area contributed by atoms with E-state index in [1.165, 1.54) is 0 Å². The summed E-state index contributed by atoms with van der Waals surface area (Å²) in [5.74, 6) is -6.70. The average molecular weight is 307 g/mol. The highest BCUT2D eigenvalue weighted by Crippen LogP contribution is 2.53. The maximum Gasteiger partial charge on any atom is 0.197 e. The van der Waals surface area contributed by atoms with Gasteiger partial charge in [0.15, 0.2) is 23.3 Å². The molecule has 0 heterocycles. The topological polar surface area (TPSA) is 0 Å². The first-order chi connectivity index (χ1) is 8.04. The minimum Gasteiger partial charge on any atom is -0.203 e. The lowest BCUT2D eigenvalue weighted by Gasteiger charge is -2.20. The number of allylic oxidation sites excluding steroid dienone is 2. The third-order valence-corrected chi connectivity index (χ3v) is 4.71. The van der Waals surface area contributed by atoms with Crippen LogP contribution in [0.5, 0.6) is 0 Å². The summed E-state index contributed by atoms with van der Waals surface area (Å²) in [4.78, 5) is -0.201. The van der Waals surface area contributed by atoms with Crippen molar-refractivity contribution in [1.82, 2.24) is 0 Å². The van der Waals surface area contributed by atoms with Gasteiger partial charge in [-0.25, -0.2) is 17.6 Å². The van der Waals surface area contributed by atoms with Crippen molar-refractivity contribution in [1.29, 1.82) is 0 Å². The molecule has 1 aromatic rings. The zero-order chi connectivity index (χ0) is 12.3. The SMILES string of the molecule is Fc1c(F)c(F)c2c(c1F)C1C=CCC2C1Br. The molecule has 0 saturated carbocycles. The first-order valence-corrected chi connectivity index (χ1v) is 6.12. The molecule has 2 aliphatic carbocycles. The zero-order valence-electron chi connectivity index (χ0n) is 8.48. The Labute approximate surface area is 103 Å². The van der Waals surface area contributed by atoms with Gasteiger partial charge in [-0.1, -0.05) is 28.1 Å². The lowest BCUT2D eigenvalue weighted by Crippen LogP contribution is -2.13. The van der Waals surface area contributed by atoms with E-state index in [1.807, 2.05) is 0 Å². The van der Waals surface area contributed by atoms with Gasteiger partial charge >= 0.3 is 0 Å². The van der Waals surface area contributed by atoms with Crippen LogP contribution in [0.1, 0.15) is 29.4 Å². The molecule has 3 atom stereocenters. The normalized spacial score (nSPS) is 29.6. The summed E-state index contributed by atoms with van der Waals surface area (Å²) in [6.07, 6.45) is 4.00. The van der Waals surface area contributed by atoms with E-state index >= 15 is 0 Å². The monoisotopic (exact) mass is 306 g/mol. The van der Waals surface area contributed by atoms with Gasteiger partial charge in [-0.15, -0.1) is 0 Å². The lowest BCUT2D eigenvalue weighted by atomic mass is 9.92. The molecule has 0 aromatic heterocycles. The average Bonchev–Trinajstić information content (AvgIpc) is 2.51. The second-order valence-electron chi connectivity index (χ2n) is 4.32. The van der Waals surface area contributed by atoms with Crippen LogP contribution in [0.4, 0.5) is 17.6 Å². The van der Waals surface area contributed by atoms with Crippen LogP contribution >= 0.6 is 15.9 Å². The molecule has 0 amide bonds. The number of rotatable bonds is 0. The van der Waals surface area contributed by atoms with Crippen molar-refractivity contribution in [2.24, 2.45) is 0 Å². The predicted octanol–water partition coefficient (Wildman–Crippen LogP) is 4.15. The molecule has 0 fully saturated rings. The Morgan fingerprint density at radius 1 is 0.941 bits per heavy atom. The Bertz CT molecular complexity index is 538. The first kappa shape index (κ1) is 11.3. The molecule has 0 nitrogen and oxygen atoms in total. The van der Waals surface area contributed by atoms with Gasteiger partial charge in [-0.05, 0) is 6.42 Å². The summed E-state index contributed by atoms with van der Waals surface area (Å²) in [5.41, 5.74) is -0.0553. The Kier molecular flexibility index (Phi) is 2.37. The van der Waals surface area contributed by atoms with Gasteiger partial charge < -0.3 is 0 Å². The zero-order valence-corrected chi connectivity index (χ0v) is 10.1. The number of halogens is 5. The molecular weight excluding hydrogens is 300 g/mol. The van der Waals surface area contributed by atoms with Gasteiger partial charge in [0.1, 0.15) is 0 Å². The second-order valence-corrected chi connectivity index (χ2v) is 5.38. The third-order valence-electron chi connectivity index (χ3n) is 3.51. The first-order valence-electron chi connectivity index (χ1n) is 5.20. The number of hydrogen-bond acceptors (Lipinski definition) is 0. The van der Waals surface area contributed by atoms with Crippen LogP contribution in [0.2, 0.25) is 0 Å². The summed E-state index contributed by atoms with van der Waals surface area (Å²) in [6.45, 7) is 0. The Hall–Kier alpha value is -0.840. The van der Waals surface area contributed by atoms with E-state index in [-0.39, 0.29) is 21.9 Å². The standard InChI is InChI=1S/C12H7BrF4/c13-8-4-2-1-3-5(8)7-6(4)9(14)11(16)12(17)10(7)15/h1-2,4-5,8H,3H2. The van der Waals surface area contributed by atoms with Crippen LogP contribution in [-0.4, -0.2) is 4.83 Å². The van der Waals surface area contributed by atoms with Crippen LogP contribution in [0.25, 0.3) is 0 Å². The van der Waals surface area contributed by atoms with E-state index in [0.717, 1.165) is 0 Å². The van der Waals surface area contributed by atoms with Crippen molar-refractivity contribution < 1.29 is 17.6 Å². The highest BCUT2D eigenvalue weighted by atomic mass is 79.9. The molecule has 0 saturated heterocycles. The minimum atomic E-state index is -1.72. The molecule has 3 unspecified atom stereocenters. The van der Waals surface area contributed by atoms with Gasteiger partial charge in [0, 0.05) is 27.8 Å². The molecule has 17 heavy (non-hydrogen) atoms. The van der Waals surface area contributed by atoms with E-state index in [2.05, 4.69) is 15.9 Å². The number of hydrogen-bond donors (Lipinski definition) is 0. The fraction of sp³-hybridized carbons (Fsp3) is 0.333. The molecule has 0 radical (unpaired) electrons. The molecule has 2 bridgehead atoms. The van der Waals surface area contributed by atoms with Gasteiger partial charge in [-0.3, -0.25) is 0 Å². The van der Waals surface area contributed by atoms with Crippen molar-refractivity contribution in [3.63, 3.8) is 0 Å². The van der Waals surface area contributed by atoms with Crippen LogP contribution in [0, 0.1) is 23.3 Å². The third kappa shape index (κ3) is 1.29. The Morgan fingerprint density at radius 3 is 2.18 bits per heavy atom. The fourth-order valence-electron chi connectivity index (χ4n) is 2.74. The van der Waals surface area contributed by atoms with Gasteiger partial charge in [0.25, 0.3) is 0 Å². The Balaban J connectivity index is 2.37. The van der Waals surface area contributed by atoms with E-state index in [0.29, 0.717) is 6.42 Å². The number of alkyl halides is 1. The molecular formula is C12H7BrF4. The van der Waals surface area contributed by atoms with Crippen molar-refractivity contribution in [2.45, 2.75) is 23.1 Å². The van der Waals surface area contributed by atoms with Crippen molar-refractivity contribution in [3.05, 3.63) is 46.5 Å². The quantitative estimate of drug-likeness (QED) is 0.222. The lowest BCUT2D eigenvalue weighted by molar-refractivity contribution is 0.400. The van der Waals surface area contributed by atoms with Crippen molar-refractivity contribution >= 4 is 15.9 Å². The van der Waals surface area contributed by atoms with Crippen molar-refractivity contribution in [2.75, 3.05) is 0 Å². The van der Waals surface area contributed by atoms with Gasteiger partial charge in [0.2, 0.25) is 0 Å². The largest absolute Gasteiger partial charge is 0.203 e. The number of fused-ring (bicyclic) bond motifs is 5. The van der Waals surface area contributed by atoms with Gasteiger partial charge in [-0.2, -0.15) is 0 Å². The molecule has 90 valence electrons. The number of benzene rings is 1. The van der Waals surface area contributed by atoms with Crippen LogP contribution < -0.4 is 0 Å².